The van der Waals surface area contributed by atoms with Crippen molar-refractivity contribution in [3.8, 4) is 0 Å². The first-order chi connectivity index (χ1) is 23.0. The van der Waals surface area contributed by atoms with E-state index in [9.17, 15) is 33.4 Å². The van der Waals surface area contributed by atoms with Crippen LogP contribution in [-0.4, -0.2) is 59.3 Å². The highest BCUT2D eigenvalue weighted by Crippen LogP contribution is 2.46. The molecule has 2 saturated heterocycles. The molecule has 11 heteroatoms. The largest absolute Gasteiger partial charge is 0.480 e. The normalized spacial score (nSPS) is 19.7. The Morgan fingerprint density at radius 1 is 0.979 bits per heavy atom. The number of halogens is 2. The zero-order valence-corrected chi connectivity index (χ0v) is 27.2. The highest BCUT2D eigenvalue weighted by molar-refractivity contribution is 6.03. The van der Waals surface area contributed by atoms with Gasteiger partial charge in [-0.15, -0.1) is 0 Å². The van der Waals surface area contributed by atoms with Gasteiger partial charge in [0, 0.05) is 12.1 Å². The number of hydrogen-bond acceptors (Lipinski definition) is 6. The zero-order valence-electron chi connectivity index (χ0n) is 27.2. The lowest BCUT2D eigenvalue weighted by Crippen LogP contribution is -2.63. The van der Waals surface area contributed by atoms with Crippen LogP contribution in [-0.2, 0) is 25.5 Å². The first kappa shape index (κ1) is 35.1. The Hall–Kier alpha value is -4.19. The number of carbonyl (C=O) groups excluding carboxylic acids is 2. The number of nitrogens with one attached hydrogen (secondary N) is 2. The number of carboxylic acid groups (broad SMARTS) is 1. The van der Waals surface area contributed by atoms with Crippen molar-refractivity contribution in [1.82, 2.24) is 10.6 Å². The van der Waals surface area contributed by atoms with Gasteiger partial charge in [0.05, 0.1) is 36.8 Å². The maximum absolute atomic E-state index is 13.7. The molecule has 0 unspecified atom stereocenters. The van der Waals surface area contributed by atoms with Crippen molar-refractivity contribution in [2.24, 2.45) is 11.8 Å². The van der Waals surface area contributed by atoms with Gasteiger partial charge in [-0.3, -0.25) is 9.59 Å². The summed E-state index contributed by atoms with van der Waals surface area (Å²) in [5.74, 6) is -2.87. The lowest BCUT2D eigenvalue weighted by atomic mass is 9.78. The molecular weight excluding hydrogens is 620 g/mol. The van der Waals surface area contributed by atoms with Crippen LogP contribution in [0.3, 0.4) is 0 Å². The second-order valence-electron chi connectivity index (χ2n) is 13.2. The van der Waals surface area contributed by atoms with E-state index in [1.54, 1.807) is 43.0 Å². The fraction of sp³-hybridized carbons (Fsp3) is 0.432. The second kappa shape index (κ2) is 15.4. The molecule has 2 aliphatic heterocycles. The molecule has 0 aromatic heterocycles. The molecule has 256 valence electrons. The molecule has 2 amide bonds. The standard InChI is InChI=1S/C37H43F2N3O6/c1-23(2)33(36(46)47)41-32(44)20-37(21-48-22-37)40-19-3-4-24-5-7-26(8-6-24)34-30(17-18-31(43)25-9-11-27(38)12-10-25)35(45)42(34)29-15-13-28(39)14-16-29/h5-16,23,30-31,33-34,40,43H,3-4,17-22H2,1-2H3,(H,41,44)(H,46,47)/t30-,31+,33-,34-/m1/s1. The minimum atomic E-state index is -1.06. The van der Waals surface area contributed by atoms with Crippen LogP contribution in [0, 0.1) is 23.5 Å². The van der Waals surface area contributed by atoms with E-state index in [0.29, 0.717) is 43.9 Å². The number of ether oxygens (including phenoxy) is 1. The summed E-state index contributed by atoms with van der Waals surface area (Å²) in [7, 11) is 0. The first-order valence-corrected chi connectivity index (χ1v) is 16.4. The molecule has 2 aliphatic rings. The van der Waals surface area contributed by atoms with E-state index >= 15 is 0 Å². The van der Waals surface area contributed by atoms with Gasteiger partial charge in [0.25, 0.3) is 0 Å². The van der Waals surface area contributed by atoms with Crippen LogP contribution >= 0.6 is 0 Å². The Morgan fingerprint density at radius 2 is 1.60 bits per heavy atom. The Balaban J connectivity index is 1.18. The molecule has 4 atom stereocenters. The van der Waals surface area contributed by atoms with Crippen LogP contribution in [0.15, 0.2) is 72.8 Å². The van der Waals surface area contributed by atoms with Gasteiger partial charge in [-0.1, -0.05) is 50.2 Å². The quantitative estimate of drug-likeness (QED) is 0.124. The molecule has 9 nitrogen and oxygen atoms in total. The molecule has 2 fully saturated rings. The lowest BCUT2D eigenvalue weighted by Gasteiger charge is -2.48. The van der Waals surface area contributed by atoms with Crippen LogP contribution in [0.2, 0.25) is 0 Å². The molecule has 0 spiro atoms. The zero-order chi connectivity index (χ0) is 34.4. The van der Waals surface area contributed by atoms with E-state index in [4.69, 9.17) is 4.74 Å². The van der Waals surface area contributed by atoms with Crippen LogP contribution in [0.1, 0.15) is 68.4 Å². The number of carbonyl (C=O) groups is 3. The SMILES string of the molecule is CC(C)[C@@H](NC(=O)CC1(NCCCc2ccc([C@@H]3[C@@H](CC[C@H](O)c4ccc(F)cc4)C(=O)N3c3ccc(F)cc3)cc2)COC1)C(=O)O. The number of anilines is 1. The predicted octanol–water partition coefficient (Wildman–Crippen LogP) is 5.09. The second-order valence-corrected chi connectivity index (χ2v) is 13.2. The third kappa shape index (κ3) is 8.26. The molecule has 48 heavy (non-hydrogen) atoms. The fourth-order valence-corrected chi connectivity index (χ4v) is 6.48. The average molecular weight is 664 g/mol. The maximum atomic E-state index is 13.7. The van der Waals surface area contributed by atoms with Crippen molar-refractivity contribution in [3.63, 3.8) is 0 Å². The van der Waals surface area contributed by atoms with E-state index in [1.807, 2.05) is 24.3 Å². The summed E-state index contributed by atoms with van der Waals surface area (Å²) >= 11 is 0. The molecule has 3 aromatic rings. The van der Waals surface area contributed by atoms with Gasteiger partial charge >= 0.3 is 5.97 Å². The van der Waals surface area contributed by atoms with Crippen LogP contribution in [0.4, 0.5) is 14.5 Å². The fourth-order valence-electron chi connectivity index (χ4n) is 6.48. The third-order valence-corrected chi connectivity index (χ3v) is 9.29. The van der Waals surface area contributed by atoms with Gasteiger partial charge in [0.1, 0.15) is 17.7 Å². The number of aryl methyl sites for hydroxylation is 1. The molecule has 3 aromatic carbocycles. The highest BCUT2D eigenvalue weighted by Gasteiger charge is 2.48. The predicted molar refractivity (Wildman–Crippen MR) is 176 cm³/mol. The molecule has 4 N–H and O–H groups in total. The number of hydrogen-bond donors (Lipinski definition) is 4. The number of β-lactam (4-membered cyclic amide) rings is 1. The van der Waals surface area contributed by atoms with E-state index in [-0.39, 0.29) is 41.9 Å². The number of aliphatic hydroxyl groups is 1. The summed E-state index contributed by atoms with van der Waals surface area (Å²) < 4.78 is 32.4. The summed E-state index contributed by atoms with van der Waals surface area (Å²) in [5, 5.41) is 26.2. The van der Waals surface area contributed by atoms with Gasteiger partial charge in [-0.25, -0.2) is 13.6 Å². The minimum Gasteiger partial charge on any atom is -0.480 e. The van der Waals surface area contributed by atoms with E-state index < -0.39 is 29.5 Å². The Morgan fingerprint density at radius 3 is 2.17 bits per heavy atom. The number of amides is 2. The number of nitrogens with zero attached hydrogens (tertiary/aromatic N) is 1. The molecule has 0 saturated carbocycles. The number of benzene rings is 3. The van der Waals surface area contributed by atoms with Crippen molar-refractivity contribution in [2.45, 2.75) is 69.7 Å². The monoisotopic (exact) mass is 663 g/mol. The van der Waals surface area contributed by atoms with Crippen molar-refractivity contribution in [3.05, 3.63) is 101 Å². The molecule has 0 aliphatic carbocycles. The number of aliphatic carboxylic acids is 1. The minimum absolute atomic E-state index is 0.0988. The van der Waals surface area contributed by atoms with Gasteiger partial charge < -0.3 is 30.5 Å². The Labute approximate surface area is 279 Å². The number of aliphatic hydroxyl groups excluding tert-OH is 1. The summed E-state index contributed by atoms with van der Waals surface area (Å²) in [5.41, 5.74) is 2.70. The first-order valence-electron chi connectivity index (χ1n) is 16.4. The Bertz CT molecular complexity index is 1560. The van der Waals surface area contributed by atoms with Gasteiger partial charge in [-0.2, -0.15) is 0 Å². The summed E-state index contributed by atoms with van der Waals surface area (Å²) in [6.07, 6.45) is 1.60. The molecule has 0 bridgehead atoms. The molecule has 0 radical (unpaired) electrons. The van der Waals surface area contributed by atoms with Crippen molar-refractivity contribution < 1.29 is 38.1 Å². The van der Waals surface area contributed by atoms with Crippen LogP contribution in [0.5, 0.6) is 0 Å². The van der Waals surface area contributed by atoms with Crippen molar-refractivity contribution >= 4 is 23.5 Å². The van der Waals surface area contributed by atoms with Crippen LogP contribution in [0.25, 0.3) is 0 Å². The summed E-state index contributed by atoms with van der Waals surface area (Å²) in [6, 6.07) is 18.3. The van der Waals surface area contributed by atoms with E-state index in [1.165, 1.54) is 24.3 Å². The molecule has 5 rings (SSSR count). The third-order valence-electron chi connectivity index (χ3n) is 9.29. The van der Waals surface area contributed by atoms with E-state index in [0.717, 1.165) is 24.0 Å². The summed E-state index contributed by atoms with van der Waals surface area (Å²) in [4.78, 5) is 39.2. The van der Waals surface area contributed by atoms with Crippen molar-refractivity contribution in [2.75, 3.05) is 24.7 Å². The van der Waals surface area contributed by atoms with Crippen LogP contribution < -0.4 is 15.5 Å². The lowest BCUT2D eigenvalue weighted by molar-refractivity contribution is -0.144. The van der Waals surface area contributed by atoms with Gasteiger partial charge in [-0.05, 0) is 91.2 Å². The van der Waals surface area contributed by atoms with Gasteiger partial charge in [0.15, 0.2) is 0 Å². The highest BCUT2D eigenvalue weighted by atomic mass is 19.1. The number of carboxylic acids is 1. The topological polar surface area (TPSA) is 128 Å². The Kier molecular flexibility index (Phi) is 11.2. The van der Waals surface area contributed by atoms with Crippen molar-refractivity contribution in [1.29, 1.82) is 0 Å². The molecule has 2 heterocycles. The van der Waals surface area contributed by atoms with E-state index in [2.05, 4.69) is 10.6 Å². The maximum Gasteiger partial charge on any atom is 0.326 e. The molecular formula is C37H43F2N3O6. The smallest absolute Gasteiger partial charge is 0.326 e. The summed E-state index contributed by atoms with van der Waals surface area (Å²) in [6.45, 7) is 4.89. The average Bonchev–Trinajstić information content (AvgIpc) is 3.04. The number of rotatable bonds is 16. The van der Waals surface area contributed by atoms with Gasteiger partial charge in [0.2, 0.25) is 11.8 Å².